The topological polar surface area (TPSA) is 104 Å². The van der Waals surface area contributed by atoms with Crippen LogP contribution in [0.15, 0.2) is 30.3 Å². The van der Waals surface area contributed by atoms with Gasteiger partial charge in [-0.25, -0.2) is 14.4 Å². The number of aliphatic hydroxyl groups excluding tert-OH is 2. The predicted octanol–water partition coefficient (Wildman–Crippen LogP) is 2.50. The summed E-state index contributed by atoms with van der Waals surface area (Å²) in [5.41, 5.74) is 2.66. The Morgan fingerprint density at radius 2 is 1.85 bits per heavy atom. The number of carboxylic acids is 1. The normalized spacial score (nSPS) is 13.7. The maximum absolute atomic E-state index is 13.2. The van der Waals surface area contributed by atoms with Crippen molar-refractivity contribution in [3.63, 3.8) is 0 Å². The lowest BCUT2D eigenvalue weighted by molar-refractivity contribution is -0.139. The third kappa shape index (κ3) is 5.44. The fraction of sp³-hybridized carbons (Fsp3) is 0.316. The standard InChI is InChI=1S/C19H21FN2O4/c1-11-17(8-7-15(23)9-16(24)10-18(25)26)19(22-12(2)21-11)13-3-5-14(20)6-4-13/h3-8,15-16,23-24H,9-10H2,1-2H3,(H,25,26)/b8-7+/t15?,16-/m1/s1. The Bertz CT molecular complexity index is 806. The first kappa shape index (κ1) is 19.7. The number of benzene rings is 1. The maximum Gasteiger partial charge on any atom is 0.305 e. The summed E-state index contributed by atoms with van der Waals surface area (Å²) in [6, 6.07) is 5.90. The summed E-state index contributed by atoms with van der Waals surface area (Å²) in [7, 11) is 0. The van der Waals surface area contributed by atoms with Gasteiger partial charge in [-0.2, -0.15) is 0 Å². The lowest BCUT2D eigenvalue weighted by Crippen LogP contribution is -2.19. The van der Waals surface area contributed by atoms with Crippen LogP contribution in [-0.2, 0) is 4.79 Å². The number of aromatic nitrogens is 2. The van der Waals surface area contributed by atoms with E-state index in [1.165, 1.54) is 18.2 Å². The second kappa shape index (κ2) is 8.64. The third-order valence-corrected chi connectivity index (χ3v) is 3.77. The molecule has 7 heteroatoms. The maximum atomic E-state index is 13.2. The van der Waals surface area contributed by atoms with E-state index in [9.17, 15) is 19.4 Å². The molecule has 0 saturated carbocycles. The van der Waals surface area contributed by atoms with Gasteiger partial charge in [-0.15, -0.1) is 0 Å². The lowest BCUT2D eigenvalue weighted by Gasteiger charge is -2.12. The van der Waals surface area contributed by atoms with Crippen LogP contribution in [0.25, 0.3) is 17.3 Å². The molecule has 2 aromatic rings. The molecule has 0 aliphatic carbocycles. The first-order chi connectivity index (χ1) is 12.3. The van der Waals surface area contributed by atoms with Gasteiger partial charge in [0.1, 0.15) is 11.6 Å². The van der Waals surface area contributed by atoms with Crippen LogP contribution < -0.4 is 0 Å². The fourth-order valence-corrected chi connectivity index (χ4v) is 2.60. The van der Waals surface area contributed by atoms with Gasteiger partial charge >= 0.3 is 5.97 Å². The largest absolute Gasteiger partial charge is 0.481 e. The first-order valence-electron chi connectivity index (χ1n) is 8.13. The molecule has 1 aromatic carbocycles. The van der Waals surface area contributed by atoms with Crippen LogP contribution in [0.2, 0.25) is 0 Å². The smallest absolute Gasteiger partial charge is 0.305 e. The van der Waals surface area contributed by atoms with E-state index in [-0.39, 0.29) is 12.2 Å². The molecule has 3 N–H and O–H groups in total. The highest BCUT2D eigenvalue weighted by Crippen LogP contribution is 2.25. The number of carboxylic acid groups (broad SMARTS) is 1. The quantitative estimate of drug-likeness (QED) is 0.701. The van der Waals surface area contributed by atoms with Gasteiger partial charge in [0.15, 0.2) is 0 Å². The molecule has 0 saturated heterocycles. The molecule has 0 fully saturated rings. The molecule has 1 unspecified atom stereocenters. The first-order valence-corrected chi connectivity index (χ1v) is 8.13. The Balaban J connectivity index is 2.28. The van der Waals surface area contributed by atoms with Gasteiger partial charge in [-0.3, -0.25) is 4.79 Å². The SMILES string of the molecule is Cc1nc(C)c(/C=C/C(O)C[C@@H](O)CC(=O)O)c(-c2ccc(F)cc2)n1. The van der Waals surface area contributed by atoms with Crippen molar-refractivity contribution in [3.05, 3.63) is 53.2 Å². The second-order valence-electron chi connectivity index (χ2n) is 6.04. The molecule has 1 aromatic heterocycles. The van der Waals surface area contributed by atoms with Crippen LogP contribution in [0.3, 0.4) is 0 Å². The van der Waals surface area contributed by atoms with Crippen LogP contribution >= 0.6 is 0 Å². The molecule has 2 atom stereocenters. The molecule has 1 heterocycles. The van der Waals surface area contributed by atoms with Crippen LogP contribution in [0.1, 0.15) is 29.9 Å². The van der Waals surface area contributed by atoms with Gasteiger partial charge < -0.3 is 15.3 Å². The summed E-state index contributed by atoms with van der Waals surface area (Å²) in [6.07, 6.45) is 0.397. The number of carbonyl (C=O) groups is 1. The summed E-state index contributed by atoms with van der Waals surface area (Å²) in [5, 5.41) is 28.3. The lowest BCUT2D eigenvalue weighted by atomic mass is 10.0. The van der Waals surface area contributed by atoms with E-state index in [1.54, 1.807) is 32.1 Å². The fourth-order valence-electron chi connectivity index (χ4n) is 2.60. The highest BCUT2D eigenvalue weighted by Gasteiger charge is 2.14. The molecule has 2 rings (SSSR count). The zero-order valence-corrected chi connectivity index (χ0v) is 14.6. The minimum Gasteiger partial charge on any atom is -0.481 e. The number of aliphatic carboxylic acids is 1. The van der Waals surface area contributed by atoms with E-state index < -0.39 is 24.6 Å². The van der Waals surface area contributed by atoms with Gasteiger partial charge in [0, 0.05) is 23.2 Å². The summed E-state index contributed by atoms with van der Waals surface area (Å²) in [5.74, 6) is -0.914. The van der Waals surface area contributed by atoms with E-state index in [0.717, 1.165) is 0 Å². The van der Waals surface area contributed by atoms with E-state index in [0.29, 0.717) is 28.3 Å². The highest BCUT2D eigenvalue weighted by molar-refractivity contribution is 5.73. The van der Waals surface area contributed by atoms with Crippen molar-refractivity contribution in [2.45, 2.75) is 38.9 Å². The Morgan fingerprint density at radius 1 is 1.19 bits per heavy atom. The van der Waals surface area contributed by atoms with Crippen molar-refractivity contribution in [3.8, 4) is 11.3 Å². The number of rotatable bonds is 7. The van der Waals surface area contributed by atoms with Crippen LogP contribution in [0.5, 0.6) is 0 Å². The van der Waals surface area contributed by atoms with Gasteiger partial charge in [0.2, 0.25) is 0 Å². The summed E-state index contributed by atoms with van der Waals surface area (Å²) >= 11 is 0. The van der Waals surface area contributed by atoms with Crippen molar-refractivity contribution >= 4 is 12.0 Å². The highest BCUT2D eigenvalue weighted by atomic mass is 19.1. The molecule has 138 valence electrons. The van der Waals surface area contributed by atoms with Gasteiger partial charge in [-0.05, 0) is 38.1 Å². The average Bonchev–Trinajstić information content (AvgIpc) is 2.53. The Labute approximate surface area is 150 Å². The summed E-state index contributed by atoms with van der Waals surface area (Å²) < 4.78 is 13.2. The van der Waals surface area contributed by atoms with Crippen LogP contribution in [0.4, 0.5) is 4.39 Å². The number of hydrogen-bond acceptors (Lipinski definition) is 5. The molecule has 0 amide bonds. The molecule has 0 aliphatic heterocycles. The van der Waals surface area contributed by atoms with Crippen molar-refractivity contribution in [2.75, 3.05) is 0 Å². The monoisotopic (exact) mass is 360 g/mol. The number of hydrogen-bond donors (Lipinski definition) is 3. The van der Waals surface area contributed by atoms with E-state index >= 15 is 0 Å². The number of aryl methyl sites for hydroxylation is 2. The van der Waals surface area contributed by atoms with Crippen molar-refractivity contribution in [1.82, 2.24) is 9.97 Å². The predicted molar refractivity (Wildman–Crippen MR) is 94.8 cm³/mol. The Morgan fingerprint density at radius 3 is 2.46 bits per heavy atom. The zero-order chi connectivity index (χ0) is 19.3. The van der Waals surface area contributed by atoms with Crippen molar-refractivity contribution in [1.29, 1.82) is 0 Å². The molecule has 26 heavy (non-hydrogen) atoms. The van der Waals surface area contributed by atoms with Gasteiger partial charge in [0.05, 0.1) is 24.3 Å². The minimum absolute atomic E-state index is 0.0968. The van der Waals surface area contributed by atoms with Crippen molar-refractivity contribution < 1.29 is 24.5 Å². The van der Waals surface area contributed by atoms with E-state index in [1.807, 2.05) is 0 Å². The number of halogens is 1. The molecular weight excluding hydrogens is 339 g/mol. The molecule has 6 nitrogen and oxygen atoms in total. The van der Waals surface area contributed by atoms with Crippen LogP contribution in [-0.4, -0.2) is 43.5 Å². The number of nitrogens with zero attached hydrogens (tertiary/aromatic N) is 2. The minimum atomic E-state index is -1.14. The number of aliphatic hydroxyl groups is 2. The molecule has 0 aliphatic rings. The third-order valence-electron chi connectivity index (χ3n) is 3.77. The summed E-state index contributed by atoms with van der Waals surface area (Å²) in [4.78, 5) is 19.3. The van der Waals surface area contributed by atoms with Gasteiger partial charge in [0.25, 0.3) is 0 Å². The second-order valence-corrected chi connectivity index (χ2v) is 6.04. The van der Waals surface area contributed by atoms with E-state index in [2.05, 4.69) is 9.97 Å². The Hall–Kier alpha value is -2.64. The molecule has 0 spiro atoms. The zero-order valence-electron chi connectivity index (χ0n) is 14.6. The Kier molecular flexibility index (Phi) is 6.54. The average molecular weight is 360 g/mol. The van der Waals surface area contributed by atoms with Crippen LogP contribution in [0, 0.1) is 19.7 Å². The van der Waals surface area contributed by atoms with E-state index in [4.69, 9.17) is 5.11 Å². The molecular formula is C19H21FN2O4. The van der Waals surface area contributed by atoms with Crippen molar-refractivity contribution in [2.24, 2.45) is 0 Å². The van der Waals surface area contributed by atoms with Gasteiger partial charge in [-0.1, -0.05) is 12.2 Å². The molecule has 0 bridgehead atoms. The molecule has 0 radical (unpaired) electrons. The summed E-state index contributed by atoms with van der Waals surface area (Å²) in [6.45, 7) is 3.55.